The highest BCUT2D eigenvalue weighted by atomic mass is 16.8. The van der Waals surface area contributed by atoms with Crippen molar-refractivity contribution in [3.8, 4) is 0 Å². The van der Waals surface area contributed by atoms with Gasteiger partial charge in [0, 0.05) is 12.6 Å². The maximum atomic E-state index is 8.97. The van der Waals surface area contributed by atoms with Crippen LogP contribution in [0.3, 0.4) is 0 Å². The lowest BCUT2D eigenvalue weighted by atomic mass is 9.96. The summed E-state index contributed by atoms with van der Waals surface area (Å²) in [5.41, 5.74) is 3.77. The zero-order chi connectivity index (χ0) is 17.7. The van der Waals surface area contributed by atoms with Crippen LogP contribution in [0.1, 0.15) is 58.9 Å². The van der Waals surface area contributed by atoms with E-state index in [0.29, 0.717) is 0 Å². The Hall–Kier alpha value is -1.56. The van der Waals surface area contributed by atoms with E-state index >= 15 is 0 Å². The smallest absolute Gasteiger partial charge is 0.161 e. The third kappa shape index (κ3) is 5.51. The largest absolute Gasteiger partial charge is 0.366 e. The normalized spacial score (nSPS) is 23.2. The highest BCUT2D eigenvalue weighted by molar-refractivity contribution is 5.37. The molecule has 1 saturated heterocycles. The molecule has 0 radical (unpaired) electrons. The fourth-order valence-electron chi connectivity index (χ4n) is 2.94. The number of nitrogens with one attached hydrogen (secondary N) is 1. The van der Waals surface area contributed by atoms with Crippen LogP contribution in [0.2, 0.25) is 0 Å². The van der Waals surface area contributed by atoms with Gasteiger partial charge in [-0.3, -0.25) is 10.4 Å². The Morgan fingerprint density at radius 3 is 2.67 bits per heavy atom. The molecule has 5 nitrogen and oxygen atoms in total. The van der Waals surface area contributed by atoms with Crippen LogP contribution < -0.4 is 5.23 Å². The van der Waals surface area contributed by atoms with Gasteiger partial charge in [0.2, 0.25) is 0 Å². The summed E-state index contributed by atoms with van der Waals surface area (Å²) < 4.78 is 5.88. The van der Waals surface area contributed by atoms with Crippen molar-refractivity contribution in [3.63, 3.8) is 0 Å². The summed E-state index contributed by atoms with van der Waals surface area (Å²) in [6, 6.07) is 1.72. The van der Waals surface area contributed by atoms with Gasteiger partial charge in [-0.25, -0.2) is 0 Å². The lowest BCUT2D eigenvalue weighted by molar-refractivity contribution is 0.0270. The van der Waals surface area contributed by atoms with E-state index in [1.54, 1.807) is 12.3 Å². The van der Waals surface area contributed by atoms with Crippen LogP contribution in [-0.2, 0) is 11.2 Å². The predicted molar refractivity (Wildman–Crippen MR) is 95.5 cm³/mol. The number of aromatic nitrogens is 1. The van der Waals surface area contributed by atoms with Gasteiger partial charge in [0.05, 0.1) is 11.7 Å². The third-order valence-electron chi connectivity index (χ3n) is 4.62. The average molecular weight is 334 g/mol. The van der Waals surface area contributed by atoms with Crippen LogP contribution >= 0.6 is 0 Å². The first-order chi connectivity index (χ1) is 11.3. The topological polar surface area (TPSA) is 72.0 Å². The Labute approximate surface area is 144 Å². The molecule has 1 fully saturated rings. The molecule has 0 aliphatic carbocycles. The van der Waals surface area contributed by atoms with E-state index in [4.69, 9.17) is 15.2 Å². The molecule has 0 amide bonds. The first-order valence-corrected chi connectivity index (χ1v) is 8.62. The quantitative estimate of drug-likeness (QED) is 0.345. The molecule has 0 spiro atoms. The van der Waals surface area contributed by atoms with Crippen LogP contribution in [0.25, 0.3) is 0 Å². The van der Waals surface area contributed by atoms with Crippen LogP contribution in [0.15, 0.2) is 35.6 Å². The number of rotatable bonds is 9. The first-order valence-electron chi connectivity index (χ1n) is 8.62. The number of aromatic amines is 1. The maximum Gasteiger partial charge on any atom is 0.161 e. The fourth-order valence-corrected chi connectivity index (χ4v) is 2.94. The minimum atomic E-state index is -0.0633. The van der Waals surface area contributed by atoms with E-state index in [1.165, 1.54) is 11.1 Å². The number of hydrogen-bond donors (Lipinski definition) is 3. The molecule has 2 heterocycles. The van der Waals surface area contributed by atoms with E-state index in [2.05, 4.69) is 44.8 Å². The monoisotopic (exact) mass is 334 g/mol. The molecule has 0 aromatic carbocycles. The predicted octanol–water partition coefficient (Wildman–Crippen LogP) is 4.77. The minimum Gasteiger partial charge on any atom is -0.366 e. The summed E-state index contributed by atoms with van der Waals surface area (Å²) in [6.45, 7) is 8.62. The third-order valence-corrected chi connectivity index (χ3v) is 4.62. The van der Waals surface area contributed by atoms with Crippen LogP contribution in [-0.4, -0.2) is 27.1 Å². The summed E-state index contributed by atoms with van der Waals surface area (Å²) >= 11 is 0. The Kier molecular flexibility index (Phi) is 6.27. The molecule has 3 N–H and O–H groups in total. The van der Waals surface area contributed by atoms with Gasteiger partial charge in [-0.15, -0.1) is 5.23 Å². The molecule has 1 aromatic rings. The molecule has 134 valence electrons. The Morgan fingerprint density at radius 1 is 1.29 bits per heavy atom. The van der Waals surface area contributed by atoms with Crippen molar-refractivity contribution in [2.24, 2.45) is 0 Å². The number of nitrogens with zero attached hydrogens (tertiary/aromatic N) is 1. The highest BCUT2D eigenvalue weighted by Crippen LogP contribution is 2.42. The van der Waals surface area contributed by atoms with E-state index in [1.807, 2.05) is 0 Å². The number of ether oxygens (including phenoxy) is 1. The molecule has 2 rings (SSSR count). The van der Waals surface area contributed by atoms with E-state index in [-0.39, 0.29) is 22.7 Å². The van der Waals surface area contributed by atoms with Gasteiger partial charge in [0.1, 0.15) is 0 Å². The second kappa shape index (κ2) is 8.01. The van der Waals surface area contributed by atoms with E-state index in [0.717, 1.165) is 37.7 Å². The molecule has 0 saturated carbocycles. The molecular weight excluding hydrogens is 304 g/mol. The first kappa shape index (κ1) is 18.8. The number of H-pyrrole nitrogens is 1. The van der Waals surface area contributed by atoms with Crippen LogP contribution in [0.4, 0.5) is 5.82 Å². The van der Waals surface area contributed by atoms with Gasteiger partial charge in [-0.1, -0.05) is 23.3 Å². The van der Waals surface area contributed by atoms with Crippen molar-refractivity contribution in [3.05, 3.63) is 41.1 Å². The Bertz CT molecular complexity index is 600. The number of epoxide rings is 1. The van der Waals surface area contributed by atoms with Crippen molar-refractivity contribution in [1.29, 1.82) is 0 Å². The van der Waals surface area contributed by atoms with Gasteiger partial charge in [-0.05, 0) is 65.0 Å². The SMILES string of the molecule is CC(C)=CCCC(C)=CCC[C@@]1(C)O[C@@H]1Cc1c[nH]c(N(O)O)c1. The summed E-state index contributed by atoms with van der Waals surface area (Å²) in [7, 11) is 0. The average Bonchev–Trinajstić information content (AvgIpc) is 2.91. The van der Waals surface area contributed by atoms with Gasteiger partial charge in [0.15, 0.2) is 5.82 Å². The van der Waals surface area contributed by atoms with Crippen molar-refractivity contribution in [2.45, 2.75) is 71.5 Å². The fraction of sp³-hybridized carbons (Fsp3) is 0.579. The van der Waals surface area contributed by atoms with E-state index in [9.17, 15) is 0 Å². The Morgan fingerprint density at radius 2 is 2.04 bits per heavy atom. The molecule has 2 atom stereocenters. The number of hydrogen-bond acceptors (Lipinski definition) is 4. The summed E-state index contributed by atoms with van der Waals surface area (Å²) in [5.74, 6) is 0.266. The van der Waals surface area contributed by atoms with Crippen molar-refractivity contribution in [1.82, 2.24) is 4.98 Å². The number of allylic oxidation sites excluding steroid dienone is 4. The van der Waals surface area contributed by atoms with Crippen molar-refractivity contribution in [2.75, 3.05) is 5.23 Å². The van der Waals surface area contributed by atoms with Crippen molar-refractivity contribution < 1.29 is 15.2 Å². The summed E-state index contributed by atoms with van der Waals surface area (Å²) in [6.07, 6.45) is 11.7. The lowest BCUT2D eigenvalue weighted by Gasteiger charge is -2.05. The lowest BCUT2D eigenvalue weighted by Crippen LogP contribution is -2.11. The second-order valence-corrected chi connectivity index (χ2v) is 7.22. The molecule has 5 heteroatoms. The van der Waals surface area contributed by atoms with Crippen LogP contribution in [0.5, 0.6) is 0 Å². The van der Waals surface area contributed by atoms with Gasteiger partial charge < -0.3 is 9.72 Å². The molecule has 0 bridgehead atoms. The van der Waals surface area contributed by atoms with Gasteiger partial charge in [-0.2, -0.15) is 0 Å². The van der Waals surface area contributed by atoms with Gasteiger partial charge >= 0.3 is 0 Å². The molecule has 1 aromatic heterocycles. The molecule has 24 heavy (non-hydrogen) atoms. The molecule has 1 aliphatic heterocycles. The summed E-state index contributed by atoms with van der Waals surface area (Å²) in [5, 5.41) is 18.0. The Balaban J connectivity index is 1.73. The highest BCUT2D eigenvalue weighted by Gasteiger charge is 2.50. The second-order valence-electron chi connectivity index (χ2n) is 7.22. The number of anilines is 1. The van der Waals surface area contributed by atoms with E-state index < -0.39 is 0 Å². The van der Waals surface area contributed by atoms with Crippen LogP contribution in [0, 0.1) is 0 Å². The standard InChI is InChI=1S/C19H30N2O3/c1-14(2)7-5-8-15(3)9-6-10-19(4)17(24-19)11-16-12-18(20-13-16)21(22)23/h7,9,12-13,17,20,22-23H,5-6,8,10-11H2,1-4H3/t17-,19-/m1/s1. The molecular formula is C19H30N2O3. The zero-order valence-electron chi connectivity index (χ0n) is 15.2. The summed E-state index contributed by atoms with van der Waals surface area (Å²) in [4.78, 5) is 2.81. The molecule has 1 aliphatic rings. The minimum absolute atomic E-state index is 0.0633. The molecule has 0 unspecified atom stereocenters. The van der Waals surface area contributed by atoms with Crippen molar-refractivity contribution >= 4 is 5.82 Å². The van der Waals surface area contributed by atoms with Gasteiger partial charge in [0.25, 0.3) is 0 Å². The zero-order valence-corrected chi connectivity index (χ0v) is 15.2. The maximum absolute atomic E-state index is 8.97.